The highest BCUT2D eigenvalue weighted by Crippen LogP contribution is 2.11. The zero-order valence-corrected chi connectivity index (χ0v) is 10.1. The summed E-state index contributed by atoms with van der Waals surface area (Å²) < 4.78 is 0. The van der Waals surface area contributed by atoms with Crippen molar-refractivity contribution in [2.75, 3.05) is 0 Å². The van der Waals surface area contributed by atoms with E-state index >= 15 is 0 Å². The van der Waals surface area contributed by atoms with Crippen LogP contribution in [0.5, 0.6) is 0 Å². The predicted octanol–water partition coefficient (Wildman–Crippen LogP) is 4.45. The summed E-state index contributed by atoms with van der Waals surface area (Å²) in [5.41, 5.74) is 3.43. The summed E-state index contributed by atoms with van der Waals surface area (Å²) in [6, 6.07) is 0. The van der Waals surface area contributed by atoms with Crippen molar-refractivity contribution in [3.63, 3.8) is 0 Å². The van der Waals surface area contributed by atoms with Crippen LogP contribution in [0, 0.1) is 0 Å². The minimum atomic E-state index is 1.01. The number of nitrogens with zero attached hydrogens (tertiary/aromatic N) is 1. The van der Waals surface area contributed by atoms with E-state index in [1.807, 2.05) is 32.1 Å². The van der Waals surface area contributed by atoms with Crippen molar-refractivity contribution in [3.8, 4) is 0 Å². The summed E-state index contributed by atoms with van der Waals surface area (Å²) >= 11 is 0. The molecule has 0 aliphatic heterocycles. The molecule has 0 amide bonds. The minimum absolute atomic E-state index is 1.01. The van der Waals surface area contributed by atoms with Gasteiger partial charge >= 0.3 is 0 Å². The molecule has 0 unspecified atom stereocenters. The van der Waals surface area contributed by atoms with E-state index in [9.17, 15) is 0 Å². The molecule has 0 saturated heterocycles. The Labute approximate surface area is 93.6 Å². The second-order valence-corrected chi connectivity index (χ2v) is 3.68. The van der Waals surface area contributed by atoms with E-state index in [-0.39, 0.29) is 0 Å². The molecule has 0 bridgehead atoms. The van der Waals surface area contributed by atoms with Gasteiger partial charge < -0.3 is 0 Å². The van der Waals surface area contributed by atoms with Gasteiger partial charge in [0.25, 0.3) is 0 Å². The molecule has 0 saturated carbocycles. The fraction of sp³-hybridized carbons (Fsp3) is 0.357. The Morgan fingerprint density at radius 2 is 1.93 bits per heavy atom. The predicted molar refractivity (Wildman–Crippen MR) is 70.3 cm³/mol. The van der Waals surface area contributed by atoms with Crippen molar-refractivity contribution in [3.05, 3.63) is 48.2 Å². The fourth-order valence-electron chi connectivity index (χ4n) is 0.972. The van der Waals surface area contributed by atoms with Crippen LogP contribution in [0.3, 0.4) is 0 Å². The molecule has 82 valence electrons. The minimum Gasteiger partial charge on any atom is -0.262 e. The maximum absolute atomic E-state index is 4.34. The van der Waals surface area contributed by atoms with E-state index in [1.165, 1.54) is 5.57 Å². The van der Waals surface area contributed by atoms with Crippen molar-refractivity contribution in [2.45, 2.75) is 33.6 Å². The number of rotatable bonds is 6. The zero-order chi connectivity index (χ0) is 11.7. The van der Waals surface area contributed by atoms with Gasteiger partial charge in [0.15, 0.2) is 0 Å². The van der Waals surface area contributed by atoms with Crippen LogP contribution in [-0.4, -0.2) is 6.21 Å². The van der Waals surface area contributed by atoms with Crippen molar-refractivity contribution >= 4 is 6.21 Å². The van der Waals surface area contributed by atoms with Gasteiger partial charge in [-0.2, -0.15) is 0 Å². The summed E-state index contributed by atoms with van der Waals surface area (Å²) in [7, 11) is 0. The van der Waals surface area contributed by atoms with E-state index in [0.29, 0.717) is 0 Å². The molecule has 0 spiro atoms. The maximum atomic E-state index is 4.34. The monoisotopic (exact) mass is 203 g/mol. The van der Waals surface area contributed by atoms with E-state index < -0.39 is 0 Å². The lowest BCUT2D eigenvalue weighted by atomic mass is 10.1. The molecule has 1 heteroatoms. The first kappa shape index (κ1) is 13.6. The van der Waals surface area contributed by atoms with Crippen LogP contribution in [0.2, 0.25) is 0 Å². The van der Waals surface area contributed by atoms with Gasteiger partial charge in [-0.05, 0) is 39.7 Å². The Morgan fingerprint density at radius 1 is 1.27 bits per heavy atom. The average molecular weight is 203 g/mol. The van der Waals surface area contributed by atoms with Crippen molar-refractivity contribution in [1.29, 1.82) is 0 Å². The van der Waals surface area contributed by atoms with Crippen molar-refractivity contribution in [1.82, 2.24) is 0 Å². The van der Waals surface area contributed by atoms with E-state index in [2.05, 4.69) is 25.1 Å². The Balaban J connectivity index is 4.25. The van der Waals surface area contributed by atoms with E-state index in [1.54, 1.807) is 6.21 Å². The number of aliphatic imine (C=N–C) groups is 1. The molecule has 0 N–H and O–H groups in total. The molecule has 15 heavy (non-hydrogen) atoms. The Bertz CT molecular complexity index is 303. The molecule has 0 aliphatic carbocycles. The Hall–Kier alpha value is -1.37. The second kappa shape index (κ2) is 7.98. The molecule has 1 nitrogen and oxygen atoms in total. The van der Waals surface area contributed by atoms with E-state index in [4.69, 9.17) is 0 Å². The highest BCUT2D eigenvalue weighted by Gasteiger charge is 1.92. The molecule has 0 aromatic rings. The molecule has 0 rings (SSSR count). The highest BCUT2D eigenvalue weighted by atomic mass is 14.7. The SMILES string of the molecule is C=CCC/C(C)=C(C)/N=C\C=C/C(=C)C. The third kappa shape index (κ3) is 7.68. The molecule has 0 atom stereocenters. The average Bonchev–Trinajstić information content (AvgIpc) is 2.20. The van der Waals surface area contributed by atoms with Crippen LogP contribution in [0.1, 0.15) is 33.6 Å². The molecule has 0 aromatic carbocycles. The summed E-state index contributed by atoms with van der Waals surface area (Å²) in [4.78, 5) is 4.34. The number of hydrogen-bond donors (Lipinski definition) is 0. The molecular formula is C14H21N. The first-order valence-electron chi connectivity index (χ1n) is 5.21. The van der Waals surface area contributed by atoms with Crippen LogP contribution in [0.4, 0.5) is 0 Å². The molecule has 0 heterocycles. The Morgan fingerprint density at radius 3 is 2.47 bits per heavy atom. The summed E-state index contributed by atoms with van der Waals surface area (Å²) in [5, 5.41) is 0. The van der Waals surface area contributed by atoms with Crippen LogP contribution in [0.25, 0.3) is 0 Å². The molecule has 0 radical (unpaired) electrons. The normalized spacial score (nSPS) is 13.3. The summed E-state index contributed by atoms with van der Waals surface area (Å²) in [5.74, 6) is 0. The van der Waals surface area contributed by atoms with Crippen LogP contribution >= 0.6 is 0 Å². The summed E-state index contributed by atoms with van der Waals surface area (Å²) in [6.45, 7) is 13.6. The third-order valence-electron chi connectivity index (χ3n) is 2.08. The van der Waals surface area contributed by atoms with Crippen molar-refractivity contribution in [2.24, 2.45) is 4.99 Å². The zero-order valence-electron chi connectivity index (χ0n) is 10.1. The quantitative estimate of drug-likeness (QED) is 0.343. The van der Waals surface area contributed by atoms with E-state index in [0.717, 1.165) is 24.1 Å². The van der Waals surface area contributed by atoms with Gasteiger partial charge in [0, 0.05) is 11.9 Å². The standard InChI is InChI=1S/C14H21N/c1-6-7-10-13(4)14(5)15-11-8-9-12(2)3/h6,8-9,11H,1-2,7,10H2,3-5H3/b9-8-,14-13+,15-11-. The van der Waals surface area contributed by atoms with Gasteiger partial charge in [-0.15, -0.1) is 6.58 Å². The van der Waals surface area contributed by atoms with Crippen molar-refractivity contribution < 1.29 is 0 Å². The lowest BCUT2D eigenvalue weighted by molar-refractivity contribution is 0.950. The molecular weight excluding hydrogens is 182 g/mol. The smallest absolute Gasteiger partial charge is 0.0361 e. The highest BCUT2D eigenvalue weighted by molar-refractivity contribution is 5.72. The summed E-state index contributed by atoms with van der Waals surface area (Å²) in [6.07, 6.45) is 9.64. The van der Waals surface area contributed by atoms with Gasteiger partial charge in [0.1, 0.15) is 0 Å². The van der Waals surface area contributed by atoms with Gasteiger partial charge in [0.2, 0.25) is 0 Å². The maximum Gasteiger partial charge on any atom is 0.0361 e. The number of hydrogen-bond acceptors (Lipinski definition) is 1. The number of allylic oxidation sites excluding steroid dienone is 6. The van der Waals surface area contributed by atoms with Gasteiger partial charge in [0.05, 0.1) is 0 Å². The first-order valence-corrected chi connectivity index (χ1v) is 5.21. The third-order valence-corrected chi connectivity index (χ3v) is 2.08. The van der Waals surface area contributed by atoms with Crippen LogP contribution in [0.15, 0.2) is 53.2 Å². The second-order valence-electron chi connectivity index (χ2n) is 3.68. The lowest BCUT2D eigenvalue weighted by Gasteiger charge is -2.00. The molecule has 0 aliphatic rings. The largest absolute Gasteiger partial charge is 0.262 e. The lowest BCUT2D eigenvalue weighted by Crippen LogP contribution is -1.82. The Kier molecular flexibility index (Phi) is 7.25. The van der Waals surface area contributed by atoms with Gasteiger partial charge in [-0.1, -0.05) is 29.9 Å². The van der Waals surface area contributed by atoms with Crippen LogP contribution in [-0.2, 0) is 0 Å². The fourth-order valence-corrected chi connectivity index (χ4v) is 0.972. The topological polar surface area (TPSA) is 12.4 Å². The molecule has 0 aromatic heterocycles. The first-order chi connectivity index (χ1) is 7.07. The van der Waals surface area contributed by atoms with Crippen LogP contribution < -0.4 is 0 Å². The van der Waals surface area contributed by atoms with Gasteiger partial charge in [-0.3, -0.25) is 4.99 Å². The van der Waals surface area contributed by atoms with Gasteiger partial charge in [-0.25, -0.2) is 0 Å². The molecule has 0 fully saturated rings.